The molecule has 0 aliphatic carbocycles. The predicted octanol–water partition coefficient (Wildman–Crippen LogP) is 2.78. The molecule has 13 heavy (non-hydrogen) atoms. The molecule has 0 aliphatic heterocycles. The zero-order valence-electron chi connectivity index (χ0n) is 8.29. The van der Waals surface area contributed by atoms with E-state index >= 15 is 0 Å². The van der Waals surface area contributed by atoms with Crippen LogP contribution in [0.5, 0.6) is 0 Å². The normalized spacial score (nSPS) is 10.7. The van der Waals surface area contributed by atoms with Gasteiger partial charge in [-0.15, -0.1) is 0 Å². The Morgan fingerprint density at radius 2 is 1.69 bits per heavy atom. The zero-order valence-corrected chi connectivity index (χ0v) is 9.29. The number of carbonyl (C=O) groups excluding carboxylic acids is 1. The minimum atomic E-state index is -1.53. The molecule has 1 aromatic rings. The monoisotopic (exact) mass is 190 g/mol. The summed E-state index contributed by atoms with van der Waals surface area (Å²) in [4.78, 5) is 10.8. The summed E-state index contributed by atoms with van der Waals surface area (Å²) in [5.74, 6) is 2.09. The maximum absolute atomic E-state index is 10.8. The Bertz CT molecular complexity index is 329. The number of hydrogen-bond donors (Lipinski definition) is 0. The second-order valence-electron chi connectivity index (χ2n) is 4.09. The molecular weight excluding hydrogens is 176 g/mol. The van der Waals surface area contributed by atoms with Crippen LogP contribution in [0.1, 0.15) is 5.56 Å². The molecule has 0 heterocycles. The van der Waals surface area contributed by atoms with Crippen LogP contribution >= 0.6 is 0 Å². The molecule has 0 fully saturated rings. The first kappa shape index (κ1) is 9.97. The summed E-state index contributed by atoms with van der Waals surface area (Å²) in [6.07, 6.45) is 0. The lowest BCUT2D eigenvalue weighted by Crippen LogP contribution is -2.23. The van der Waals surface area contributed by atoms with Gasteiger partial charge in [0, 0.05) is 5.20 Å². The van der Waals surface area contributed by atoms with Crippen LogP contribution in [0.25, 0.3) is 5.20 Å². The van der Waals surface area contributed by atoms with Crippen LogP contribution in [0.3, 0.4) is 0 Å². The van der Waals surface area contributed by atoms with Crippen LogP contribution in [0.2, 0.25) is 19.6 Å². The van der Waals surface area contributed by atoms with Gasteiger partial charge in [0.25, 0.3) is 0 Å². The van der Waals surface area contributed by atoms with Crippen molar-refractivity contribution in [3.8, 4) is 0 Å². The van der Waals surface area contributed by atoms with Crippen molar-refractivity contribution in [2.45, 2.75) is 19.6 Å². The second-order valence-corrected chi connectivity index (χ2v) is 9.09. The number of benzene rings is 1. The van der Waals surface area contributed by atoms with Crippen LogP contribution < -0.4 is 0 Å². The Balaban J connectivity index is 3.15. The molecule has 0 unspecified atom stereocenters. The average Bonchev–Trinajstić information content (AvgIpc) is 2.05. The van der Waals surface area contributed by atoms with Crippen molar-refractivity contribution in [2.75, 3.05) is 0 Å². The summed E-state index contributed by atoms with van der Waals surface area (Å²) in [6, 6.07) is 9.80. The first-order valence-electron chi connectivity index (χ1n) is 4.36. The topological polar surface area (TPSA) is 17.1 Å². The van der Waals surface area contributed by atoms with Gasteiger partial charge in [-0.25, -0.2) is 4.79 Å². The molecule has 0 aromatic heterocycles. The van der Waals surface area contributed by atoms with E-state index in [1.54, 1.807) is 0 Å². The third kappa shape index (κ3) is 2.41. The third-order valence-corrected chi connectivity index (χ3v) is 3.81. The van der Waals surface area contributed by atoms with Gasteiger partial charge in [-0.2, -0.15) is 0 Å². The number of rotatable bonds is 2. The molecule has 0 bridgehead atoms. The molecule has 0 spiro atoms. The SMILES string of the molecule is C[Si](C)(C)C(=C=O)c1ccccc1. The van der Waals surface area contributed by atoms with E-state index in [4.69, 9.17) is 0 Å². The highest BCUT2D eigenvalue weighted by molar-refractivity contribution is 6.95. The molecule has 0 amide bonds. The summed E-state index contributed by atoms with van der Waals surface area (Å²) < 4.78 is 0. The van der Waals surface area contributed by atoms with Crippen molar-refractivity contribution >= 4 is 19.2 Å². The maximum atomic E-state index is 10.8. The van der Waals surface area contributed by atoms with Crippen LogP contribution in [-0.4, -0.2) is 14.0 Å². The van der Waals surface area contributed by atoms with E-state index < -0.39 is 8.07 Å². The van der Waals surface area contributed by atoms with Crippen LogP contribution in [0.4, 0.5) is 0 Å². The molecule has 1 nitrogen and oxygen atoms in total. The zero-order chi connectivity index (χ0) is 9.90. The fraction of sp³-hybridized carbons (Fsp3) is 0.273. The Hall–Kier alpha value is -1.11. The van der Waals surface area contributed by atoms with Gasteiger partial charge >= 0.3 is 0 Å². The van der Waals surface area contributed by atoms with Gasteiger partial charge in [0.05, 0.1) is 8.07 Å². The van der Waals surface area contributed by atoms with Gasteiger partial charge in [-0.05, 0) is 5.56 Å². The molecule has 68 valence electrons. The van der Waals surface area contributed by atoms with Gasteiger partial charge in [-0.3, -0.25) is 0 Å². The summed E-state index contributed by atoms with van der Waals surface area (Å²) >= 11 is 0. The second kappa shape index (κ2) is 3.73. The highest BCUT2D eigenvalue weighted by atomic mass is 28.3. The maximum Gasteiger partial charge on any atom is 0.123 e. The van der Waals surface area contributed by atoms with Crippen LogP contribution in [0.15, 0.2) is 30.3 Å². The van der Waals surface area contributed by atoms with E-state index in [1.807, 2.05) is 30.3 Å². The lowest BCUT2D eigenvalue weighted by molar-refractivity contribution is 0.570. The van der Waals surface area contributed by atoms with Gasteiger partial charge in [0.2, 0.25) is 0 Å². The third-order valence-electron chi connectivity index (χ3n) is 1.91. The minimum absolute atomic E-state index is 0.869. The highest BCUT2D eigenvalue weighted by Gasteiger charge is 2.21. The smallest absolute Gasteiger partial charge is 0.123 e. The molecule has 0 saturated carbocycles. The summed E-state index contributed by atoms with van der Waals surface area (Å²) in [7, 11) is -1.53. The minimum Gasteiger partial charge on any atom is -0.234 e. The van der Waals surface area contributed by atoms with Gasteiger partial charge in [0.1, 0.15) is 5.94 Å². The first-order valence-corrected chi connectivity index (χ1v) is 7.86. The summed E-state index contributed by atoms with van der Waals surface area (Å²) in [5, 5.41) is 0.869. The molecule has 1 rings (SSSR count). The van der Waals surface area contributed by atoms with Crippen molar-refractivity contribution in [1.29, 1.82) is 0 Å². The van der Waals surface area contributed by atoms with Crippen molar-refractivity contribution in [2.24, 2.45) is 0 Å². The van der Waals surface area contributed by atoms with Crippen molar-refractivity contribution in [3.05, 3.63) is 35.9 Å². The molecule has 0 aliphatic rings. The fourth-order valence-corrected chi connectivity index (χ4v) is 2.59. The highest BCUT2D eigenvalue weighted by Crippen LogP contribution is 2.22. The van der Waals surface area contributed by atoms with E-state index in [-0.39, 0.29) is 0 Å². The largest absolute Gasteiger partial charge is 0.234 e. The average molecular weight is 190 g/mol. The summed E-state index contributed by atoms with van der Waals surface area (Å²) in [6.45, 7) is 6.46. The molecule has 0 saturated heterocycles. The molecular formula is C11H14OSi. The first-order chi connectivity index (χ1) is 6.05. The number of hydrogen-bond acceptors (Lipinski definition) is 1. The molecule has 1 aromatic carbocycles. The van der Waals surface area contributed by atoms with Gasteiger partial charge < -0.3 is 0 Å². The molecule has 2 heteroatoms. The van der Waals surface area contributed by atoms with E-state index in [0.29, 0.717) is 0 Å². The van der Waals surface area contributed by atoms with Crippen LogP contribution in [-0.2, 0) is 4.79 Å². The van der Waals surface area contributed by atoms with E-state index in [1.165, 1.54) is 0 Å². The van der Waals surface area contributed by atoms with Gasteiger partial charge in [-0.1, -0.05) is 50.0 Å². The van der Waals surface area contributed by atoms with Crippen LogP contribution in [0, 0.1) is 0 Å². The van der Waals surface area contributed by atoms with E-state index in [2.05, 4.69) is 25.6 Å². The van der Waals surface area contributed by atoms with E-state index in [9.17, 15) is 4.79 Å². The molecule has 0 atom stereocenters. The Labute approximate surface area is 80.1 Å². The predicted molar refractivity (Wildman–Crippen MR) is 58.9 cm³/mol. The van der Waals surface area contributed by atoms with Crippen molar-refractivity contribution in [1.82, 2.24) is 0 Å². The molecule has 0 radical (unpaired) electrons. The summed E-state index contributed by atoms with van der Waals surface area (Å²) in [5.41, 5.74) is 1.02. The van der Waals surface area contributed by atoms with Gasteiger partial charge in [0.15, 0.2) is 0 Å². The standard InChI is InChI=1S/C11H14OSi/c1-13(2,3)11(9-12)10-7-5-4-6-8-10/h4-8H,1-3H3. The molecule has 0 N–H and O–H groups in total. The van der Waals surface area contributed by atoms with E-state index in [0.717, 1.165) is 10.8 Å². The Morgan fingerprint density at radius 1 is 1.15 bits per heavy atom. The van der Waals surface area contributed by atoms with Crippen molar-refractivity contribution in [3.63, 3.8) is 0 Å². The lowest BCUT2D eigenvalue weighted by atomic mass is 10.2. The fourth-order valence-electron chi connectivity index (χ4n) is 1.25. The Morgan fingerprint density at radius 3 is 2.08 bits per heavy atom. The Kier molecular flexibility index (Phi) is 2.86. The quantitative estimate of drug-likeness (QED) is 0.517. The van der Waals surface area contributed by atoms with Crippen molar-refractivity contribution < 1.29 is 4.79 Å². The lowest BCUT2D eigenvalue weighted by Gasteiger charge is -2.16.